The highest BCUT2D eigenvalue weighted by atomic mass is 32.2. The fraction of sp³-hybridized carbons (Fsp3) is 0.524. The average molecular weight is 497 g/mol. The minimum atomic E-state index is -3.80. The molecular formula is C21H28N4O8S. The number of amides is 4. The summed E-state index contributed by atoms with van der Waals surface area (Å²) in [5, 5.41) is 5.02. The first-order valence-electron chi connectivity index (χ1n) is 10.8. The second kappa shape index (κ2) is 10.9. The van der Waals surface area contributed by atoms with Crippen LogP contribution in [0.5, 0.6) is 0 Å². The van der Waals surface area contributed by atoms with Crippen molar-refractivity contribution >= 4 is 33.8 Å². The maximum Gasteiger partial charge on any atom is 0.329 e. The number of esters is 1. The molecule has 2 saturated heterocycles. The van der Waals surface area contributed by atoms with Crippen molar-refractivity contribution in [2.24, 2.45) is 5.92 Å². The normalized spacial score (nSPS) is 17.9. The Morgan fingerprint density at radius 3 is 2.50 bits per heavy atom. The highest BCUT2D eigenvalue weighted by Gasteiger charge is 2.31. The minimum Gasteiger partial charge on any atom is -0.454 e. The van der Waals surface area contributed by atoms with Crippen molar-refractivity contribution in [3.63, 3.8) is 0 Å². The van der Waals surface area contributed by atoms with Crippen LogP contribution in [0.1, 0.15) is 24.2 Å². The molecule has 2 fully saturated rings. The van der Waals surface area contributed by atoms with Crippen LogP contribution in [0.15, 0.2) is 29.2 Å². The fourth-order valence-corrected chi connectivity index (χ4v) is 4.92. The Morgan fingerprint density at radius 1 is 1.18 bits per heavy atom. The van der Waals surface area contributed by atoms with Crippen molar-refractivity contribution in [1.29, 1.82) is 0 Å². The number of carbonyl (C=O) groups is 4. The van der Waals surface area contributed by atoms with Crippen molar-refractivity contribution in [3.05, 3.63) is 29.8 Å². The van der Waals surface area contributed by atoms with Gasteiger partial charge in [0, 0.05) is 31.7 Å². The second-order valence-corrected chi connectivity index (χ2v) is 10.1. The quantitative estimate of drug-likeness (QED) is 0.460. The van der Waals surface area contributed by atoms with Crippen LogP contribution >= 0.6 is 0 Å². The number of morpholine rings is 1. The molecule has 1 aromatic rings. The molecule has 2 heterocycles. The van der Waals surface area contributed by atoms with Gasteiger partial charge in [-0.15, -0.1) is 0 Å². The molecule has 0 bridgehead atoms. The molecule has 2 aliphatic heterocycles. The van der Waals surface area contributed by atoms with Gasteiger partial charge in [-0.25, -0.2) is 18.0 Å². The summed E-state index contributed by atoms with van der Waals surface area (Å²) in [6.45, 7) is 4.26. The molecule has 2 N–H and O–H groups in total. The van der Waals surface area contributed by atoms with Crippen LogP contribution in [0, 0.1) is 5.92 Å². The summed E-state index contributed by atoms with van der Waals surface area (Å²) in [6.07, 6.45) is 0. The molecule has 0 unspecified atom stereocenters. The molecule has 1 atom stereocenters. The Morgan fingerprint density at radius 2 is 1.88 bits per heavy atom. The lowest BCUT2D eigenvalue weighted by atomic mass is 10.0. The number of nitrogens with zero attached hydrogens (tertiary/aromatic N) is 2. The van der Waals surface area contributed by atoms with E-state index in [0.29, 0.717) is 19.8 Å². The molecule has 12 nitrogen and oxygen atoms in total. The molecule has 13 heteroatoms. The predicted molar refractivity (Wildman–Crippen MR) is 118 cm³/mol. The zero-order valence-corrected chi connectivity index (χ0v) is 19.8. The first kappa shape index (κ1) is 25.6. The lowest BCUT2D eigenvalue weighted by Crippen LogP contribution is -2.46. The summed E-state index contributed by atoms with van der Waals surface area (Å²) in [5.41, 5.74) is 0.0533. The monoisotopic (exact) mass is 496 g/mol. The van der Waals surface area contributed by atoms with E-state index in [9.17, 15) is 27.6 Å². The number of nitrogens with one attached hydrogen (secondary N) is 2. The second-order valence-electron chi connectivity index (χ2n) is 8.12. The average Bonchev–Trinajstić information content (AvgIpc) is 3.27. The SMILES string of the molecule is CC(C)[C@H](NC(=O)c1cccc(S(=O)(=O)N2CCOCC2)c1)C(=O)OCC(=O)N1CCNC1=O. The lowest BCUT2D eigenvalue weighted by Gasteiger charge is -2.26. The first-order chi connectivity index (χ1) is 16.1. The number of urea groups is 1. The Bertz CT molecular complexity index is 1050. The standard InChI is InChI=1S/C21H28N4O8S/c1-14(2)18(20(28)33-13-17(26)25-7-6-22-21(25)29)23-19(27)15-4-3-5-16(12-15)34(30,31)24-8-10-32-11-9-24/h3-5,12,14,18H,6-11,13H2,1-2H3,(H,22,29)(H,23,27)/t18-/m0/s1. The molecule has 0 aromatic heterocycles. The number of rotatable bonds is 8. The van der Waals surface area contributed by atoms with E-state index in [0.717, 1.165) is 4.90 Å². The maximum absolute atomic E-state index is 12.9. The van der Waals surface area contributed by atoms with Crippen LogP contribution in [0.25, 0.3) is 0 Å². The van der Waals surface area contributed by atoms with Gasteiger partial charge in [-0.05, 0) is 24.1 Å². The van der Waals surface area contributed by atoms with Crippen LogP contribution in [0.3, 0.4) is 0 Å². The van der Waals surface area contributed by atoms with Crippen LogP contribution in [-0.4, -0.2) is 93.5 Å². The molecule has 0 saturated carbocycles. The number of ether oxygens (including phenoxy) is 2. The smallest absolute Gasteiger partial charge is 0.329 e. The summed E-state index contributed by atoms with van der Waals surface area (Å²) in [6, 6.07) is 3.89. The third kappa shape index (κ3) is 5.90. The molecule has 0 aliphatic carbocycles. The van der Waals surface area contributed by atoms with Crippen LogP contribution in [0.4, 0.5) is 4.79 Å². The molecule has 0 radical (unpaired) electrons. The van der Waals surface area contributed by atoms with Crippen molar-refractivity contribution in [3.8, 4) is 0 Å². The molecule has 2 aliphatic rings. The largest absolute Gasteiger partial charge is 0.454 e. The minimum absolute atomic E-state index is 0.0415. The Labute approximate surface area is 197 Å². The van der Waals surface area contributed by atoms with E-state index in [4.69, 9.17) is 9.47 Å². The van der Waals surface area contributed by atoms with Gasteiger partial charge in [-0.1, -0.05) is 19.9 Å². The Balaban J connectivity index is 1.66. The van der Waals surface area contributed by atoms with Gasteiger partial charge in [0.1, 0.15) is 6.04 Å². The molecule has 0 spiro atoms. The maximum atomic E-state index is 12.9. The predicted octanol–water partition coefficient (Wildman–Crippen LogP) is -0.443. The molecule has 186 valence electrons. The third-order valence-electron chi connectivity index (χ3n) is 5.41. The van der Waals surface area contributed by atoms with Crippen molar-refractivity contribution < 1.29 is 37.1 Å². The molecular weight excluding hydrogens is 468 g/mol. The van der Waals surface area contributed by atoms with Gasteiger partial charge >= 0.3 is 12.0 Å². The van der Waals surface area contributed by atoms with Gasteiger partial charge in [-0.3, -0.25) is 14.5 Å². The van der Waals surface area contributed by atoms with Crippen molar-refractivity contribution in [1.82, 2.24) is 19.8 Å². The van der Waals surface area contributed by atoms with E-state index in [2.05, 4.69) is 10.6 Å². The summed E-state index contributed by atoms with van der Waals surface area (Å²) in [5.74, 6) is -2.56. The van der Waals surface area contributed by atoms with Crippen LogP contribution < -0.4 is 10.6 Å². The summed E-state index contributed by atoms with van der Waals surface area (Å²) in [7, 11) is -3.80. The van der Waals surface area contributed by atoms with Crippen LogP contribution in [-0.2, 0) is 29.1 Å². The van der Waals surface area contributed by atoms with Gasteiger partial charge in [0.05, 0.1) is 18.1 Å². The van der Waals surface area contributed by atoms with E-state index < -0.39 is 46.5 Å². The number of hydrogen-bond donors (Lipinski definition) is 2. The van der Waals surface area contributed by atoms with Crippen molar-refractivity contribution in [2.75, 3.05) is 46.0 Å². The van der Waals surface area contributed by atoms with E-state index in [-0.39, 0.29) is 36.0 Å². The first-order valence-corrected chi connectivity index (χ1v) is 12.3. The molecule has 34 heavy (non-hydrogen) atoms. The van der Waals surface area contributed by atoms with Gasteiger partial charge in [0.25, 0.3) is 11.8 Å². The topological polar surface area (TPSA) is 151 Å². The number of imide groups is 1. The van der Waals surface area contributed by atoms with E-state index in [1.54, 1.807) is 13.8 Å². The summed E-state index contributed by atoms with van der Waals surface area (Å²) < 4.78 is 37.3. The van der Waals surface area contributed by atoms with Crippen LogP contribution in [0.2, 0.25) is 0 Å². The van der Waals surface area contributed by atoms with E-state index >= 15 is 0 Å². The molecule has 3 rings (SSSR count). The van der Waals surface area contributed by atoms with E-state index in [1.807, 2.05) is 0 Å². The molecule has 4 amide bonds. The highest BCUT2D eigenvalue weighted by Crippen LogP contribution is 2.19. The number of sulfonamides is 1. The van der Waals surface area contributed by atoms with Gasteiger partial charge in [0.2, 0.25) is 10.0 Å². The third-order valence-corrected chi connectivity index (χ3v) is 7.30. The Hall–Kier alpha value is -3.03. The number of carbonyl (C=O) groups excluding carboxylic acids is 4. The summed E-state index contributed by atoms with van der Waals surface area (Å²) >= 11 is 0. The van der Waals surface area contributed by atoms with Gasteiger partial charge in [0.15, 0.2) is 6.61 Å². The van der Waals surface area contributed by atoms with Crippen molar-refractivity contribution in [2.45, 2.75) is 24.8 Å². The lowest BCUT2D eigenvalue weighted by molar-refractivity contribution is -0.153. The van der Waals surface area contributed by atoms with E-state index in [1.165, 1.54) is 28.6 Å². The summed E-state index contributed by atoms with van der Waals surface area (Å²) in [4.78, 5) is 49.9. The number of hydrogen-bond acceptors (Lipinski definition) is 8. The Kier molecular flexibility index (Phi) is 8.23. The zero-order valence-electron chi connectivity index (χ0n) is 19.0. The number of benzene rings is 1. The van der Waals surface area contributed by atoms with Gasteiger partial charge < -0.3 is 20.1 Å². The van der Waals surface area contributed by atoms with Gasteiger partial charge in [-0.2, -0.15) is 4.31 Å². The fourth-order valence-electron chi connectivity index (χ4n) is 3.47. The molecule has 1 aromatic carbocycles. The highest BCUT2D eigenvalue weighted by molar-refractivity contribution is 7.89. The zero-order chi connectivity index (χ0) is 24.9.